The standard InChI is InChI=1S/C27H46N4O4/c1-18(2)20(16-30(9)17-21(32)33)31(10)25(35)23(26(3,4)5)29-24(34)22(28-8)27(6,7)19-14-12-11-13-15-19/h11-15,18,20,22-23,28H,16-17H2,1-10H3,(H,29,34)(H,32,33)/t20-,22-,23-/m1/s1. The van der Waals surface area contributed by atoms with Crippen molar-refractivity contribution in [2.45, 2.75) is 72.0 Å². The van der Waals surface area contributed by atoms with Crippen molar-refractivity contribution >= 4 is 17.8 Å². The molecule has 8 nitrogen and oxygen atoms in total. The average Bonchev–Trinajstić information content (AvgIpc) is 2.74. The van der Waals surface area contributed by atoms with Gasteiger partial charge in [0.25, 0.3) is 0 Å². The minimum atomic E-state index is -0.914. The van der Waals surface area contributed by atoms with E-state index in [1.54, 1.807) is 30.9 Å². The summed E-state index contributed by atoms with van der Waals surface area (Å²) >= 11 is 0. The highest BCUT2D eigenvalue weighted by atomic mass is 16.4. The van der Waals surface area contributed by atoms with E-state index in [-0.39, 0.29) is 30.3 Å². The molecule has 0 fully saturated rings. The molecule has 0 saturated heterocycles. The number of nitrogens with one attached hydrogen (secondary N) is 2. The monoisotopic (exact) mass is 490 g/mol. The Kier molecular flexibility index (Phi) is 10.9. The van der Waals surface area contributed by atoms with Crippen molar-refractivity contribution in [3.05, 3.63) is 35.9 Å². The summed E-state index contributed by atoms with van der Waals surface area (Å²) in [5, 5.41) is 15.3. The number of carbonyl (C=O) groups is 3. The van der Waals surface area contributed by atoms with Gasteiger partial charge in [-0.25, -0.2) is 0 Å². The van der Waals surface area contributed by atoms with E-state index < -0.39 is 28.9 Å². The van der Waals surface area contributed by atoms with Crippen LogP contribution in [0.15, 0.2) is 30.3 Å². The van der Waals surface area contributed by atoms with Crippen LogP contribution in [0.3, 0.4) is 0 Å². The molecule has 1 aromatic rings. The maximum atomic E-state index is 13.8. The van der Waals surface area contributed by atoms with Gasteiger partial charge in [0.2, 0.25) is 11.8 Å². The zero-order chi connectivity index (χ0) is 27.1. The van der Waals surface area contributed by atoms with Crippen molar-refractivity contribution < 1.29 is 19.5 Å². The SMILES string of the molecule is CN[C@H](C(=O)N[C@H](C(=O)N(C)[C@H](CN(C)CC(=O)O)C(C)C)C(C)(C)C)C(C)(C)c1ccccc1. The summed E-state index contributed by atoms with van der Waals surface area (Å²) in [5.41, 5.74) is -0.0334. The van der Waals surface area contributed by atoms with E-state index >= 15 is 0 Å². The highest BCUT2D eigenvalue weighted by molar-refractivity contribution is 5.91. The lowest BCUT2D eigenvalue weighted by molar-refractivity contribution is -0.142. The van der Waals surface area contributed by atoms with Crippen LogP contribution in [0, 0.1) is 11.3 Å². The molecule has 3 N–H and O–H groups in total. The molecule has 1 rings (SSSR count). The Hall–Kier alpha value is -2.45. The second-order valence-electron chi connectivity index (χ2n) is 11.5. The minimum Gasteiger partial charge on any atom is -0.480 e. The molecule has 0 radical (unpaired) electrons. The summed E-state index contributed by atoms with van der Waals surface area (Å²) < 4.78 is 0. The number of hydrogen-bond donors (Lipinski definition) is 3. The molecule has 1 aromatic carbocycles. The van der Waals surface area contributed by atoms with Gasteiger partial charge in [0, 0.05) is 25.0 Å². The fourth-order valence-electron chi connectivity index (χ4n) is 4.49. The molecule has 0 aliphatic heterocycles. The van der Waals surface area contributed by atoms with Gasteiger partial charge in [0.05, 0.1) is 12.6 Å². The third-order valence-corrected chi connectivity index (χ3v) is 6.71. The summed E-state index contributed by atoms with van der Waals surface area (Å²) in [6.45, 7) is 14.1. The molecule has 2 amide bonds. The van der Waals surface area contributed by atoms with E-state index in [4.69, 9.17) is 5.11 Å². The van der Waals surface area contributed by atoms with Crippen LogP contribution in [0.2, 0.25) is 0 Å². The number of carboxylic acid groups (broad SMARTS) is 1. The molecule has 0 heterocycles. The van der Waals surface area contributed by atoms with Crippen LogP contribution in [0.25, 0.3) is 0 Å². The average molecular weight is 491 g/mol. The van der Waals surface area contributed by atoms with E-state index in [0.29, 0.717) is 6.54 Å². The predicted molar refractivity (Wildman–Crippen MR) is 140 cm³/mol. The summed E-state index contributed by atoms with van der Waals surface area (Å²) in [4.78, 5) is 41.8. The second kappa shape index (κ2) is 12.5. The fraction of sp³-hybridized carbons (Fsp3) is 0.667. The normalized spacial score (nSPS) is 15.0. The number of amides is 2. The van der Waals surface area contributed by atoms with Gasteiger partial charge >= 0.3 is 5.97 Å². The lowest BCUT2D eigenvalue weighted by Gasteiger charge is -2.41. The number of rotatable bonds is 12. The first-order valence-electron chi connectivity index (χ1n) is 12.2. The Labute approximate surface area is 211 Å². The van der Waals surface area contributed by atoms with Gasteiger partial charge in [-0.3, -0.25) is 19.3 Å². The summed E-state index contributed by atoms with van der Waals surface area (Å²) in [7, 11) is 5.21. The van der Waals surface area contributed by atoms with Crippen molar-refractivity contribution in [1.82, 2.24) is 20.4 Å². The second-order valence-corrected chi connectivity index (χ2v) is 11.5. The molecule has 0 bridgehead atoms. The number of aliphatic carboxylic acids is 1. The zero-order valence-corrected chi connectivity index (χ0v) is 23.2. The topological polar surface area (TPSA) is 102 Å². The molecule has 0 aliphatic rings. The van der Waals surface area contributed by atoms with Crippen LogP contribution in [0.5, 0.6) is 0 Å². The Morgan fingerprint density at radius 3 is 1.94 bits per heavy atom. The van der Waals surface area contributed by atoms with Crippen molar-refractivity contribution in [1.29, 1.82) is 0 Å². The van der Waals surface area contributed by atoms with Crippen molar-refractivity contribution in [2.24, 2.45) is 11.3 Å². The fourth-order valence-corrected chi connectivity index (χ4v) is 4.49. The van der Waals surface area contributed by atoms with Crippen LogP contribution < -0.4 is 10.6 Å². The third-order valence-electron chi connectivity index (χ3n) is 6.71. The van der Waals surface area contributed by atoms with E-state index in [1.807, 2.05) is 78.8 Å². The van der Waals surface area contributed by atoms with E-state index in [2.05, 4.69) is 10.6 Å². The Morgan fingerprint density at radius 2 is 1.51 bits per heavy atom. The first-order valence-corrected chi connectivity index (χ1v) is 12.2. The van der Waals surface area contributed by atoms with Crippen LogP contribution in [0.4, 0.5) is 0 Å². The van der Waals surface area contributed by atoms with E-state index in [0.717, 1.165) is 5.56 Å². The molecule has 0 saturated carbocycles. The number of carbonyl (C=O) groups excluding carboxylic acids is 2. The minimum absolute atomic E-state index is 0.0959. The molecule has 0 spiro atoms. The Morgan fingerprint density at radius 1 is 0.971 bits per heavy atom. The quantitative estimate of drug-likeness (QED) is 0.416. The van der Waals surface area contributed by atoms with E-state index in [9.17, 15) is 14.4 Å². The lowest BCUT2D eigenvalue weighted by atomic mass is 9.76. The first kappa shape index (κ1) is 30.6. The third kappa shape index (κ3) is 8.32. The number of carboxylic acids is 1. The number of likely N-dealkylation sites (N-methyl/N-ethyl adjacent to an activating group) is 3. The van der Waals surface area contributed by atoms with Crippen LogP contribution >= 0.6 is 0 Å². The number of nitrogens with zero attached hydrogens (tertiary/aromatic N) is 2. The van der Waals surface area contributed by atoms with Crippen LogP contribution in [-0.2, 0) is 19.8 Å². The first-order chi connectivity index (χ1) is 16.0. The highest BCUT2D eigenvalue weighted by Crippen LogP contribution is 2.29. The number of hydrogen-bond acceptors (Lipinski definition) is 5. The van der Waals surface area contributed by atoms with Crippen LogP contribution in [0.1, 0.15) is 54.0 Å². The van der Waals surface area contributed by atoms with Crippen molar-refractivity contribution in [3.8, 4) is 0 Å². The molecule has 35 heavy (non-hydrogen) atoms. The maximum absolute atomic E-state index is 13.8. The van der Waals surface area contributed by atoms with Gasteiger partial charge in [0.15, 0.2) is 0 Å². The predicted octanol–water partition coefficient (Wildman–Crippen LogP) is 2.58. The molecule has 198 valence electrons. The largest absolute Gasteiger partial charge is 0.480 e. The molecular formula is C27H46N4O4. The van der Waals surface area contributed by atoms with Gasteiger partial charge < -0.3 is 20.6 Å². The number of benzene rings is 1. The smallest absolute Gasteiger partial charge is 0.317 e. The zero-order valence-electron chi connectivity index (χ0n) is 23.2. The molecule has 8 heteroatoms. The summed E-state index contributed by atoms with van der Waals surface area (Å²) in [6.07, 6.45) is 0. The van der Waals surface area contributed by atoms with Gasteiger partial charge in [0.1, 0.15) is 6.04 Å². The molecule has 0 aromatic heterocycles. The van der Waals surface area contributed by atoms with Crippen LogP contribution in [-0.4, -0.2) is 85.0 Å². The highest BCUT2D eigenvalue weighted by Gasteiger charge is 2.41. The molecule has 0 unspecified atom stereocenters. The van der Waals surface area contributed by atoms with Gasteiger partial charge in [-0.1, -0.05) is 78.8 Å². The summed E-state index contributed by atoms with van der Waals surface area (Å²) in [5.74, 6) is -1.26. The van der Waals surface area contributed by atoms with Gasteiger partial charge in [-0.05, 0) is 31.0 Å². The molecular weight excluding hydrogens is 444 g/mol. The van der Waals surface area contributed by atoms with Crippen molar-refractivity contribution in [2.75, 3.05) is 34.2 Å². The lowest BCUT2D eigenvalue weighted by Crippen LogP contribution is -2.62. The Balaban J connectivity index is 3.19. The maximum Gasteiger partial charge on any atom is 0.317 e. The van der Waals surface area contributed by atoms with Gasteiger partial charge in [-0.2, -0.15) is 0 Å². The molecule has 0 aliphatic carbocycles. The van der Waals surface area contributed by atoms with Crippen molar-refractivity contribution in [3.63, 3.8) is 0 Å². The molecule has 3 atom stereocenters. The van der Waals surface area contributed by atoms with E-state index in [1.165, 1.54) is 0 Å². The summed E-state index contributed by atoms with van der Waals surface area (Å²) in [6, 6.07) is 8.31. The Bertz CT molecular complexity index is 848. The van der Waals surface area contributed by atoms with Gasteiger partial charge in [-0.15, -0.1) is 0 Å².